The number of ether oxygens (including phenoxy) is 1. The summed E-state index contributed by atoms with van der Waals surface area (Å²) in [6.45, 7) is 6.44. The van der Waals surface area contributed by atoms with Crippen molar-refractivity contribution in [3.05, 3.63) is 23.8 Å². The van der Waals surface area contributed by atoms with Gasteiger partial charge in [0.05, 0.1) is 22.4 Å². The number of aromatic nitrogens is 1. The van der Waals surface area contributed by atoms with E-state index in [1.54, 1.807) is 0 Å². The minimum absolute atomic E-state index is 0.431. The molecule has 0 bridgehead atoms. The van der Waals surface area contributed by atoms with Gasteiger partial charge < -0.3 is 9.64 Å². The fourth-order valence-electron chi connectivity index (χ4n) is 3.44. The number of halogens is 3. The molecule has 3 heterocycles. The summed E-state index contributed by atoms with van der Waals surface area (Å²) in [6.07, 6.45) is -3.19. The van der Waals surface area contributed by atoms with Gasteiger partial charge >= 0.3 is 6.18 Å². The van der Waals surface area contributed by atoms with E-state index >= 15 is 0 Å². The van der Waals surface area contributed by atoms with Gasteiger partial charge in [-0.3, -0.25) is 4.90 Å². The molecule has 1 aromatic heterocycles. The Labute approximate surface area is 148 Å². The molecule has 1 unspecified atom stereocenters. The van der Waals surface area contributed by atoms with Gasteiger partial charge in [-0.2, -0.15) is 13.2 Å². The fraction of sp³-hybridized carbons (Fsp3) is 0.588. The fourth-order valence-corrected chi connectivity index (χ4v) is 4.44. The third kappa shape index (κ3) is 3.75. The molecule has 0 N–H and O–H groups in total. The molecule has 2 saturated heterocycles. The molecular weight excluding hydrogens is 351 g/mol. The van der Waals surface area contributed by atoms with Gasteiger partial charge in [-0.25, -0.2) is 4.98 Å². The van der Waals surface area contributed by atoms with E-state index in [1.165, 1.54) is 17.4 Å². The topological polar surface area (TPSA) is 28.6 Å². The number of hydrogen-bond donors (Lipinski definition) is 0. The predicted octanol–water partition coefficient (Wildman–Crippen LogP) is 3.47. The van der Waals surface area contributed by atoms with Gasteiger partial charge in [0.1, 0.15) is 0 Å². The number of hydrogen-bond acceptors (Lipinski definition) is 5. The summed E-state index contributed by atoms with van der Waals surface area (Å²) in [6, 6.07) is 3.80. The largest absolute Gasteiger partial charge is 0.416 e. The molecule has 4 rings (SSSR count). The van der Waals surface area contributed by atoms with Crippen LogP contribution in [-0.4, -0.2) is 55.8 Å². The van der Waals surface area contributed by atoms with E-state index in [9.17, 15) is 13.2 Å². The summed E-state index contributed by atoms with van der Waals surface area (Å²) >= 11 is 1.47. The number of nitrogens with zero attached hydrogens (tertiary/aromatic N) is 3. The van der Waals surface area contributed by atoms with E-state index in [2.05, 4.69) is 14.8 Å². The molecule has 0 amide bonds. The summed E-state index contributed by atoms with van der Waals surface area (Å²) < 4.78 is 44.7. The van der Waals surface area contributed by atoms with E-state index in [-0.39, 0.29) is 0 Å². The van der Waals surface area contributed by atoms with Crippen LogP contribution in [0.25, 0.3) is 10.2 Å². The van der Waals surface area contributed by atoms with E-state index < -0.39 is 11.7 Å². The highest BCUT2D eigenvalue weighted by Crippen LogP contribution is 2.35. The first kappa shape index (κ1) is 17.1. The lowest BCUT2D eigenvalue weighted by Crippen LogP contribution is -2.47. The molecule has 8 heteroatoms. The second-order valence-electron chi connectivity index (χ2n) is 6.69. The lowest BCUT2D eigenvalue weighted by molar-refractivity contribution is -0.137. The van der Waals surface area contributed by atoms with Crippen molar-refractivity contribution in [3.63, 3.8) is 0 Å². The zero-order valence-corrected chi connectivity index (χ0v) is 14.6. The maximum Gasteiger partial charge on any atom is 0.416 e. The van der Waals surface area contributed by atoms with Gasteiger partial charge in [0.15, 0.2) is 5.13 Å². The molecule has 136 valence electrons. The van der Waals surface area contributed by atoms with E-state index in [1.807, 2.05) is 0 Å². The van der Waals surface area contributed by atoms with Crippen molar-refractivity contribution in [2.24, 2.45) is 5.92 Å². The molecule has 2 aromatic rings. The summed E-state index contributed by atoms with van der Waals surface area (Å²) in [5.41, 5.74) is -0.208. The first-order valence-corrected chi connectivity index (χ1v) is 9.33. The maximum absolute atomic E-state index is 12.8. The summed E-state index contributed by atoms with van der Waals surface area (Å²) in [5.74, 6) is 0.634. The summed E-state index contributed by atoms with van der Waals surface area (Å²) in [7, 11) is 0. The summed E-state index contributed by atoms with van der Waals surface area (Å²) in [4.78, 5) is 9.07. The Bertz CT molecular complexity index is 734. The third-order valence-electron chi connectivity index (χ3n) is 4.89. The van der Waals surface area contributed by atoms with Crippen LogP contribution in [0.15, 0.2) is 18.2 Å². The quantitative estimate of drug-likeness (QED) is 0.826. The SMILES string of the molecule is FC(F)(F)c1ccc2sc(N3CCN(CC4CCOC4)CC3)nc2c1. The average molecular weight is 371 g/mol. The van der Waals surface area contributed by atoms with Gasteiger partial charge in [0.25, 0.3) is 0 Å². The smallest absolute Gasteiger partial charge is 0.381 e. The van der Waals surface area contributed by atoms with Crippen molar-refractivity contribution in [2.45, 2.75) is 12.6 Å². The minimum atomic E-state index is -4.33. The van der Waals surface area contributed by atoms with Gasteiger partial charge in [-0.15, -0.1) is 0 Å². The van der Waals surface area contributed by atoms with Crippen molar-refractivity contribution in [2.75, 3.05) is 50.8 Å². The molecule has 0 saturated carbocycles. The normalized spacial score (nSPS) is 22.8. The Kier molecular flexibility index (Phi) is 4.59. The number of alkyl halides is 3. The highest BCUT2D eigenvalue weighted by Gasteiger charge is 2.31. The first-order valence-electron chi connectivity index (χ1n) is 8.52. The zero-order chi connectivity index (χ0) is 17.4. The Balaban J connectivity index is 1.42. The lowest BCUT2D eigenvalue weighted by atomic mass is 10.1. The Hall–Kier alpha value is -1.38. The van der Waals surface area contributed by atoms with Crippen LogP contribution < -0.4 is 4.90 Å². The molecule has 1 aromatic carbocycles. The Morgan fingerprint density at radius 2 is 2.00 bits per heavy atom. The zero-order valence-electron chi connectivity index (χ0n) is 13.8. The van der Waals surface area contributed by atoms with Crippen LogP contribution in [-0.2, 0) is 10.9 Å². The van der Waals surface area contributed by atoms with Crippen molar-refractivity contribution >= 4 is 26.7 Å². The van der Waals surface area contributed by atoms with E-state index in [0.717, 1.165) is 74.3 Å². The number of thiazole rings is 1. The molecule has 1 atom stereocenters. The maximum atomic E-state index is 12.8. The van der Waals surface area contributed by atoms with E-state index in [0.29, 0.717) is 11.4 Å². The summed E-state index contributed by atoms with van der Waals surface area (Å²) in [5, 5.41) is 0.818. The monoisotopic (exact) mass is 371 g/mol. The number of benzene rings is 1. The van der Waals surface area contributed by atoms with Gasteiger partial charge in [0.2, 0.25) is 0 Å². The number of piperazine rings is 1. The number of anilines is 1. The van der Waals surface area contributed by atoms with Crippen LogP contribution in [0.5, 0.6) is 0 Å². The number of rotatable bonds is 3. The van der Waals surface area contributed by atoms with Crippen LogP contribution in [0.2, 0.25) is 0 Å². The predicted molar refractivity (Wildman–Crippen MR) is 92.2 cm³/mol. The molecule has 25 heavy (non-hydrogen) atoms. The van der Waals surface area contributed by atoms with Gasteiger partial charge in [-0.1, -0.05) is 11.3 Å². The molecule has 2 aliphatic rings. The second-order valence-corrected chi connectivity index (χ2v) is 7.70. The van der Waals surface area contributed by atoms with Crippen molar-refractivity contribution < 1.29 is 17.9 Å². The standard InChI is InChI=1S/C17H20F3N3OS/c18-17(19,20)13-1-2-15-14(9-13)21-16(25-15)23-6-4-22(5-7-23)10-12-3-8-24-11-12/h1-2,9,12H,3-8,10-11H2. The first-order chi connectivity index (χ1) is 12.0. The Morgan fingerprint density at radius 3 is 2.68 bits per heavy atom. The van der Waals surface area contributed by atoms with Crippen LogP contribution >= 0.6 is 11.3 Å². The van der Waals surface area contributed by atoms with E-state index in [4.69, 9.17) is 4.74 Å². The molecule has 0 radical (unpaired) electrons. The van der Waals surface area contributed by atoms with Gasteiger partial charge in [0, 0.05) is 39.3 Å². The van der Waals surface area contributed by atoms with Crippen molar-refractivity contribution in [3.8, 4) is 0 Å². The van der Waals surface area contributed by atoms with Crippen molar-refractivity contribution in [1.82, 2.24) is 9.88 Å². The Morgan fingerprint density at radius 1 is 1.20 bits per heavy atom. The lowest BCUT2D eigenvalue weighted by Gasteiger charge is -2.35. The molecular formula is C17H20F3N3OS. The molecule has 0 aliphatic carbocycles. The third-order valence-corrected chi connectivity index (χ3v) is 5.98. The van der Waals surface area contributed by atoms with Crippen LogP contribution in [0, 0.1) is 5.92 Å². The number of fused-ring (bicyclic) bond motifs is 1. The highest BCUT2D eigenvalue weighted by atomic mass is 32.1. The minimum Gasteiger partial charge on any atom is -0.381 e. The molecule has 0 spiro atoms. The second kappa shape index (κ2) is 6.74. The van der Waals surface area contributed by atoms with Crippen LogP contribution in [0.3, 0.4) is 0 Å². The van der Waals surface area contributed by atoms with Gasteiger partial charge in [-0.05, 0) is 30.5 Å². The van der Waals surface area contributed by atoms with Crippen LogP contribution in [0.1, 0.15) is 12.0 Å². The molecule has 2 aliphatic heterocycles. The molecule has 4 nitrogen and oxygen atoms in total. The van der Waals surface area contributed by atoms with Crippen molar-refractivity contribution in [1.29, 1.82) is 0 Å². The highest BCUT2D eigenvalue weighted by molar-refractivity contribution is 7.22. The molecule has 2 fully saturated rings. The average Bonchev–Trinajstić information content (AvgIpc) is 3.23. The van der Waals surface area contributed by atoms with Crippen LogP contribution in [0.4, 0.5) is 18.3 Å².